The second kappa shape index (κ2) is 11.2. The molecule has 0 saturated carbocycles. The second-order valence-electron chi connectivity index (χ2n) is 7.32. The Hall–Kier alpha value is -3.27. The summed E-state index contributed by atoms with van der Waals surface area (Å²) in [7, 11) is -2.65. The molecule has 3 aromatic rings. The van der Waals surface area contributed by atoms with Gasteiger partial charge >= 0.3 is 0 Å². The lowest BCUT2D eigenvalue weighted by molar-refractivity contribution is -0.121. The van der Waals surface area contributed by atoms with E-state index in [4.69, 9.17) is 16.3 Å². The van der Waals surface area contributed by atoms with E-state index < -0.39 is 34.8 Å². The number of ether oxygens (including phenoxy) is 1. The number of rotatable bonds is 9. The van der Waals surface area contributed by atoms with Gasteiger partial charge in [-0.25, -0.2) is 18.2 Å². The van der Waals surface area contributed by atoms with Crippen molar-refractivity contribution < 1.29 is 22.3 Å². The number of hydrogen-bond donors (Lipinski definition) is 1. The van der Waals surface area contributed by atoms with Crippen molar-refractivity contribution in [2.24, 2.45) is 5.10 Å². The van der Waals surface area contributed by atoms with Crippen molar-refractivity contribution in [3.05, 3.63) is 94.3 Å². The highest BCUT2D eigenvalue weighted by atomic mass is 35.5. The second-order valence-corrected chi connectivity index (χ2v) is 9.67. The van der Waals surface area contributed by atoms with Gasteiger partial charge in [0.2, 0.25) is 10.0 Å². The predicted molar refractivity (Wildman–Crippen MR) is 129 cm³/mol. The maximum atomic E-state index is 14.4. The fraction of sp³-hybridized carbons (Fsp3) is 0.167. The van der Waals surface area contributed by atoms with Crippen molar-refractivity contribution in [2.45, 2.75) is 18.4 Å². The van der Waals surface area contributed by atoms with Gasteiger partial charge in [-0.05, 0) is 43.3 Å². The molecule has 0 aromatic heterocycles. The van der Waals surface area contributed by atoms with Gasteiger partial charge in [0.05, 0.1) is 24.8 Å². The Morgan fingerprint density at radius 2 is 1.82 bits per heavy atom. The van der Waals surface area contributed by atoms with Gasteiger partial charge < -0.3 is 4.74 Å². The van der Waals surface area contributed by atoms with E-state index in [1.54, 1.807) is 36.4 Å². The highest BCUT2D eigenvalue weighted by Gasteiger charge is 2.28. The average molecular weight is 504 g/mol. The average Bonchev–Trinajstić information content (AvgIpc) is 2.81. The van der Waals surface area contributed by atoms with Crippen LogP contribution in [0, 0.1) is 12.7 Å². The Balaban J connectivity index is 1.85. The number of nitrogens with one attached hydrogen (secondary N) is 1. The van der Waals surface area contributed by atoms with Crippen LogP contribution in [0.3, 0.4) is 0 Å². The molecule has 10 heteroatoms. The summed E-state index contributed by atoms with van der Waals surface area (Å²) >= 11 is 6.11. The van der Waals surface area contributed by atoms with E-state index in [2.05, 4.69) is 10.5 Å². The summed E-state index contributed by atoms with van der Waals surface area (Å²) < 4.78 is 47.1. The third-order valence-corrected chi connectivity index (χ3v) is 7.07. The number of para-hydroxylation sites is 1. The molecular formula is C24H23ClFN3O4S. The monoisotopic (exact) mass is 503 g/mol. The Labute approximate surface area is 202 Å². The minimum absolute atomic E-state index is 0.0316. The van der Waals surface area contributed by atoms with E-state index in [1.165, 1.54) is 43.7 Å². The molecule has 0 aliphatic carbocycles. The minimum atomic E-state index is -4.16. The highest BCUT2D eigenvalue weighted by Crippen LogP contribution is 2.25. The van der Waals surface area contributed by atoms with Gasteiger partial charge in [0, 0.05) is 22.7 Å². The fourth-order valence-corrected chi connectivity index (χ4v) is 4.67. The molecule has 0 saturated heterocycles. The van der Waals surface area contributed by atoms with Crippen molar-refractivity contribution in [3.8, 4) is 5.75 Å². The number of halogens is 2. The van der Waals surface area contributed by atoms with E-state index in [0.717, 1.165) is 9.87 Å². The van der Waals surface area contributed by atoms with Crippen LogP contribution in [0.4, 0.5) is 4.39 Å². The Kier molecular flexibility index (Phi) is 8.38. The summed E-state index contributed by atoms with van der Waals surface area (Å²) in [6.07, 6.45) is 1.38. The smallest absolute Gasteiger partial charge is 0.255 e. The molecular weight excluding hydrogens is 481 g/mol. The summed E-state index contributed by atoms with van der Waals surface area (Å²) in [5.74, 6) is -0.834. The maximum Gasteiger partial charge on any atom is 0.255 e. The molecule has 0 radical (unpaired) electrons. The SMILES string of the molecule is COc1ccccc1/C=N\NC(=O)CN(Cc1c(F)cccc1Cl)S(=O)(=O)c1ccc(C)cc1. The van der Waals surface area contributed by atoms with E-state index in [-0.39, 0.29) is 15.5 Å². The Bertz CT molecular complexity index is 1280. The summed E-state index contributed by atoms with van der Waals surface area (Å²) in [5, 5.41) is 3.94. The number of methoxy groups -OCH3 is 1. The lowest BCUT2D eigenvalue weighted by atomic mass is 10.2. The number of amides is 1. The first kappa shape index (κ1) is 25.4. The Morgan fingerprint density at radius 1 is 1.12 bits per heavy atom. The van der Waals surface area contributed by atoms with Crippen LogP contribution >= 0.6 is 11.6 Å². The fourth-order valence-electron chi connectivity index (χ4n) is 3.09. The molecule has 1 N–H and O–H groups in total. The number of sulfonamides is 1. The molecule has 7 nitrogen and oxygen atoms in total. The number of aryl methyl sites for hydroxylation is 1. The molecule has 1 amide bonds. The van der Waals surface area contributed by atoms with Crippen LogP contribution in [0.15, 0.2) is 76.7 Å². The predicted octanol–water partition coefficient (Wildman–Crippen LogP) is 4.14. The van der Waals surface area contributed by atoms with E-state index in [9.17, 15) is 17.6 Å². The van der Waals surface area contributed by atoms with Crippen LogP contribution in [-0.2, 0) is 21.4 Å². The van der Waals surface area contributed by atoms with Crippen molar-refractivity contribution in [2.75, 3.05) is 13.7 Å². The molecule has 34 heavy (non-hydrogen) atoms. The van der Waals surface area contributed by atoms with E-state index >= 15 is 0 Å². The minimum Gasteiger partial charge on any atom is -0.496 e. The zero-order chi connectivity index (χ0) is 24.7. The first-order valence-corrected chi connectivity index (χ1v) is 12.0. The summed E-state index contributed by atoms with van der Waals surface area (Å²) in [5.41, 5.74) is 3.75. The molecule has 178 valence electrons. The standard InChI is InChI=1S/C24H23ClFN3O4S/c1-17-10-12-19(13-11-17)34(31,32)29(15-20-21(25)7-5-8-22(20)26)16-24(30)28-27-14-18-6-3-4-9-23(18)33-2/h3-14H,15-16H2,1-2H3,(H,28,30)/b27-14-. The number of nitrogens with zero attached hydrogens (tertiary/aromatic N) is 2. The van der Waals surface area contributed by atoms with Crippen LogP contribution in [0.1, 0.15) is 16.7 Å². The lowest BCUT2D eigenvalue weighted by Gasteiger charge is -2.22. The van der Waals surface area contributed by atoms with Gasteiger partial charge in [0.25, 0.3) is 5.91 Å². The molecule has 0 unspecified atom stereocenters. The number of hydrazone groups is 1. The molecule has 0 fully saturated rings. The number of hydrogen-bond acceptors (Lipinski definition) is 5. The number of benzene rings is 3. The summed E-state index contributed by atoms with van der Waals surface area (Å²) in [4.78, 5) is 12.6. The summed E-state index contributed by atoms with van der Waals surface area (Å²) in [6, 6.07) is 17.2. The number of carbonyl (C=O) groups is 1. The summed E-state index contributed by atoms with van der Waals surface area (Å²) in [6.45, 7) is 0.774. The van der Waals surface area contributed by atoms with Crippen molar-refractivity contribution in [1.82, 2.24) is 9.73 Å². The number of carbonyl (C=O) groups excluding carboxylic acids is 1. The van der Waals surface area contributed by atoms with Gasteiger partial charge in [-0.1, -0.05) is 47.5 Å². The molecule has 0 atom stereocenters. The van der Waals surface area contributed by atoms with E-state index in [0.29, 0.717) is 11.3 Å². The van der Waals surface area contributed by atoms with Crippen molar-refractivity contribution in [1.29, 1.82) is 0 Å². The quantitative estimate of drug-likeness (QED) is 0.351. The first-order chi connectivity index (χ1) is 16.2. The van der Waals surface area contributed by atoms with Crippen molar-refractivity contribution >= 4 is 33.7 Å². The molecule has 0 bridgehead atoms. The molecule has 3 rings (SSSR count). The van der Waals surface area contributed by atoms with Crippen LogP contribution in [-0.4, -0.2) is 38.5 Å². The lowest BCUT2D eigenvalue weighted by Crippen LogP contribution is -2.39. The highest BCUT2D eigenvalue weighted by molar-refractivity contribution is 7.89. The van der Waals surface area contributed by atoms with Crippen LogP contribution in [0.2, 0.25) is 5.02 Å². The normalized spacial score (nSPS) is 11.7. The molecule has 0 spiro atoms. The molecule has 3 aromatic carbocycles. The van der Waals surface area contributed by atoms with Crippen LogP contribution in [0.25, 0.3) is 0 Å². The van der Waals surface area contributed by atoms with Gasteiger partial charge in [-0.15, -0.1) is 0 Å². The third-order valence-electron chi connectivity index (χ3n) is 4.91. The zero-order valence-corrected chi connectivity index (χ0v) is 20.1. The first-order valence-electron chi connectivity index (χ1n) is 10.2. The van der Waals surface area contributed by atoms with E-state index in [1.807, 2.05) is 6.92 Å². The molecule has 0 aliphatic rings. The van der Waals surface area contributed by atoms with Crippen LogP contribution < -0.4 is 10.2 Å². The topological polar surface area (TPSA) is 88.1 Å². The largest absolute Gasteiger partial charge is 0.496 e. The Morgan fingerprint density at radius 3 is 2.50 bits per heavy atom. The van der Waals surface area contributed by atoms with Gasteiger partial charge in [-0.3, -0.25) is 4.79 Å². The van der Waals surface area contributed by atoms with Crippen LogP contribution in [0.5, 0.6) is 5.75 Å². The molecule has 0 heterocycles. The van der Waals surface area contributed by atoms with Gasteiger partial charge in [0.15, 0.2) is 0 Å². The zero-order valence-electron chi connectivity index (χ0n) is 18.5. The maximum absolute atomic E-state index is 14.4. The van der Waals surface area contributed by atoms with Gasteiger partial charge in [-0.2, -0.15) is 9.41 Å². The van der Waals surface area contributed by atoms with Crippen molar-refractivity contribution in [3.63, 3.8) is 0 Å². The third kappa shape index (κ3) is 6.19. The van der Waals surface area contributed by atoms with Gasteiger partial charge in [0.1, 0.15) is 11.6 Å². The molecule has 0 aliphatic heterocycles.